The van der Waals surface area contributed by atoms with Crippen LogP contribution in [0.3, 0.4) is 0 Å². The van der Waals surface area contributed by atoms with E-state index in [-0.39, 0.29) is 5.82 Å². The lowest BCUT2D eigenvalue weighted by Gasteiger charge is -2.12. The van der Waals surface area contributed by atoms with Crippen LogP contribution < -0.4 is 10.1 Å². The summed E-state index contributed by atoms with van der Waals surface area (Å²) < 4.78 is 20.8. The molecular weight excluding hydrogens is 401 g/mol. The van der Waals surface area contributed by atoms with Crippen LogP contribution in [0.5, 0.6) is 11.5 Å². The van der Waals surface area contributed by atoms with E-state index in [1.807, 2.05) is 18.2 Å². The van der Waals surface area contributed by atoms with Crippen LogP contribution in [-0.2, 0) is 6.54 Å². The minimum absolute atomic E-state index is 0.338. The van der Waals surface area contributed by atoms with E-state index in [4.69, 9.17) is 4.74 Å². The van der Waals surface area contributed by atoms with Gasteiger partial charge in [0.2, 0.25) is 0 Å². The number of halogens is 3. The van der Waals surface area contributed by atoms with Crippen molar-refractivity contribution in [1.29, 1.82) is 0 Å². The Morgan fingerprint density at radius 3 is 2.67 bits per heavy atom. The molecular formula is C16H16Br2FNO. The molecule has 0 aliphatic carbocycles. The molecule has 0 heterocycles. The Hall–Kier alpha value is -0.910. The van der Waals surface area contributed by atoms with Crippen LogP contribution in [0.4, 0.5) is 4.39 Å². The van der Waals surface area contributed by atoms with Crippen LogP contribution >= 0.6 is 31.9 Å². The highest BCUT2D eigenvalue weighted by molar-refractivity contribution is 9.10. The summed E-state index contributed by atoms with van der Waals surface area (Å²) in [6.07, 6.45) is 1.07. The lowest BCUT2D eigenvalue weighted by Crippen LogP contribution is -2.14. The third kappa shape index (κ3) is 4.80. The van der Waals surface area contributed by atoms with Gasteiger partial charge in [0.05, 0.1) is 4.47 Å². The lowest BCUT2D eigenvalue weighted by molar-refractivity contribution is 0.467. The zero-order chi connectivity index (χ0) is 15.2. The highest BCUT2D eigenvalue weighted by atomic mass is 79.9. The van der Waals surface area contributed by atoms with Crippen LogP contribution in [-0.4, -0.2) is 6.54 Å². The maximum absolute atomic E-state index is 13.5. The van der Waals surface area contributed by atoms with Crippen molar-refractivity contribution in [2.75, 3.05) is 6.54 Å². The first-order valence-corrected chi connectivity index (χ1v) is 8.31. The van der Waals surface area contributed by atoms with Gasteiger partial charge in [0.15, 0.2) is 0 Å². The summed E-state index contributed by atoms with van der Waals surface area (Å²) in [5.74, 6) is 0.869. The fourth-order valence-electron chi connectivity index (χ4n) is 1.85. The van der Waals surface area contributed by atoms with Gasteiger partial charge in [-0.25, -0.2) is 4.39 Å². The van der Waals surface area contributed by atoms with Gasteiger partial charge in [-0.2, -0.15) is 0 Å². The minimum atomic E-state index is -0.338. The Labute approximate surface area is 141 Å². The first-order chi connectivity index (χ1) is 10.1. The Balaban J connectivity index is 2.19. The summed E-state index contributed by atoms with van der Waals surface area (Å²) in [6, 6.07) is 10.5. The second-order valence-corrected chi connectivity index (χ2v) is 6.38. The molecule has 0 aromatic heterocycles. The van der Waals surface area contributed by atoms with Crippen molar-refractivity contribution < 1.29 is 9.13 Å². The molecule has 0 spiro atoms. The zero-order valence-electron chi connectivity index (χ0n) is 11.6. The second kappa shape index (κ2) is 7.92. The van der Waals surface area contributed by atoms with Gasteiger partial charge in [-0.3, -0.25) is 0 Å². The molecule has 0 saturated heterocycles. The summed E-state index contributed by atoms with van der Waals surface area (Å²) in [4.78, 5) is 0. The molecule has 0 fully saturated rings. The van der Waals surface area contributed by atoms with Gasteiger partial charge in [0.25, 0.3) is 0 Å². The van der Waals surface area contributed by atoms with Crippen molar-refractivity contribution in [3.05, 3.63) is 56.7 Å². The smallest absolute Gasteiger partial charge is 0.141 e. The first kappa shape index (κ1) is 16.5. The lowest BCUT2D eigenvalue weighted by atomic mass is 10.2. The molecule has 21 heavy (non-hydrogen) atoms. The zero-order valence-corrected chi connectivity index (χ0v) is 14.8. The molecule has 112 valence electrons. The minimum Gasteiger partial charge on any atom is -0.457 e. The summed E-state index contributed by atoms with van der Waals surface area (Å²) in [6.45, 7) is 3.77. The Kier molecular flexibility index (Phi) is 6.21. The number of hydrogen-bond donors (Lipinski definition) is 1. The maximum atomic E-state index is 13.5. The summed E-state index contributed by atoms with van der Waals surface area (Å²) in [5, 5.41) is 3.34. The molecule has 0 aliphatic heterocycles. The molecule has 0 aliphatic rings. The average Bonchev–Trinajstić information content (AvgIpc) is 2.46. The van der Waals surface area contributed by atoms with E-state index in [1.54, 1.807) is 12.1 Å². The molecule has 0 amide bonds. The second-order valence-electron chi connectivity index (χ2n) is 4.61. The van der Waals surface area contributed by atoms with E-state index in [0.29, 0.717) is 16.8 Å². The van der Waals surface area contributed by atoms with Crippen molar-refractivity contribution in [1.82, 2.24) is 5.32 Å². The van der Waals surface area contributed by atoms with Gasteiger partial charge in [-0.1, -0.05) is 22.9 Å². The molecule has 0 radical (unpaired) electrons. The molecule has 0 saturated carbocycles. The monoisotopic (exact) mass is 415 g/mol. The van der Waals surface area contributed by atoms with Crippen molar-refractivity contribution >= 4 is 31.9 Å². The highest BCUT2D eigenvalue weighted by Crippen LogP contribution is 2.30. The fraction of sp³-hybridized carbons (Fsp3) is 0.250. The highest BCUT2D eigenvalue weighted by Gasteiger charge is 2.08. The van der Waals surface area contributed by atoms with Gasteiger partial charge in [-0.15, -0.1) is 0 Å². The topological polar surface area (TPSA) is 21.3 Å². The normalized spacial score (nSPS) is 10.7. The molecule has 0 unspecified atom stereocenters. The van der Waals surface area contributed by atoms with Crippen LogP contribution in [0.2, 0.25) is 0 Å². The molecule has 2 rings (SSSR count). The van der Waals surface area contributed by atoms with Gasteiger partial charge >= 0.3 is 0 Å². The molecule has 0 bridgehead atoms. The molecule has 1 N–H and O–H groups in total. The van der Waals surface area contributed by atoms with Crippen LogP contribution in [0.1, 0.15) is 18.9 Å². The summed E-state index contributed by atoms with van der Waals surface area (Å²) in [7, 11) is 0. The van der Waals surface area contributed by atoms with Crippen LogP contribution in [0.15, 0.2) is 45.3 Å². The number of hydrogen-bond acceptors (Lipinski definition) is 2. The summed E-state index contributed by atoms with van der Waals surface area (Å²) in [5.41, 5.74) is 1.03. The van der Waals surface area contributed by atoms with Gasteiger partial charge < -0.3 is 10.1 Å². The standard InChI is InChI=1S/C16H16Br2FNO/c1-2-7-20-10-11-8-12(17)3-6-16(11)21-13-4-5-14(18)15(19)9-13/h3-6,8-9,20H,2,7,10H2,1H3. The number of benzene rings is 2. The Morgan fingerprint density at radius 1 is 1.14 bits per heavy atom. The van der Waals surface area contributed by atoms with Gasteiger partial charge in [-0.05, 0) is 59.2 Å². The Bertz CT molecular complexity index is 619. The molecule has 5 heteroatoms. The van der Waals surface area contributed by atoms with Crippen molar-refractivity contribution in [3.8, 4) is 11.5 Å². The van der Waals surface area contributed by atoms with E-state index >= 15 is 0 Å². The van der Waals surface area contributed by atoms with Crippen LogP contribution in [0.25, 0.3) is 0 Å². The largest absolute Gasteiger partial charge is 0.457 e. The third-order valence-electron chi connectivity index (χ3n) is 2.88. The first-order valence-electron chi connectivity index (χ1n) is 6.72. The van der Waals surface area contributed by atoms with E-state index in [1.165, 1.54) is 6.07 Å². The molecule has 2 nitrogen and oxygen atoms in total. The molecule has 0 atom stereocenters. The van der Waals surface area contributed by atoms with E-state index in [9.17, 15) is 4.39 Å². The van der Waals surface area contributed by atoms with E-state index in [0.717, 1.165) is 28.8 Å². The quantitative estimate of drug-likeness (QED) is 0.615. The number of ether oxygens (including phenoxy) is 1. The predicted molar refractivity (Wildman–Crippen MR) is 90.3 cm³/mol. The van der Waals surface area contributed by atoms with Gasteiger partial charge in [0, 0.05) is 22.6 Å². The maximum Gasteiger partial charge on any atom is 0.141 e. The number of nitrogens with one attached hydrogen (secondary N) is 1. The van der Waals surface area contributed by atoms with Gasteiger partial charge in [0.1, 0.15) is 17.3 Å². The molecule has 2 aromatic rings. The van der Waals surface area contributed by atoms with Crippen molar-refractivity contribution in [2.24, 2.45) is 0 Å². The predicted octanol–water partition coefficient (Wildman–Crippen LogP) is 5.64. The van der Waals surface area contributed by atoms with Crippen molar-refractivity contribution in [2.45, 2.75) is 19.9 Å². The Morgan fingerprint density at radius 2 is 1.95 bits per heavy atom. The average molecular weight is 417 g/mol. The SMILES string of the molecule is CCCNCc1cc(Br)ccc1Oc1ccc(Br)c(F)c1. The van der Waals surface area contributed by atoms with E-state index < -0.39 is 0 Å². The van der Waals surface area contributed by atoms with Crippen molar-refractivity contribution in [3.63, 3.8) is 0 Å². The number of rotatable bonds is 6. The fourth-order valence-corrected chi connectivity index (χ4v) is 2.51. The summed E-state index contributed by atoms with van der Waals surface area (Å²) >= 11 is 6.60. The van der Waals surface area contributed by atoms with E-state index in [2.05, 4.69) is 44.1 Å². The third-order valence-corrected chi connectivity index (χ3v) is 4.02. The molecule has 2 aromatic carbocycles. The van der Waals surface area contributed by atoms with Crippen LogP contribution in [0, 0.1) is 5.82 Å².